The van der Waals surface area contributed by atoms with Crippen molar-refractivity contribution in [2.45, 2.75) is 38.6 Å². The Kier molecular flexibility index (Phi) is 10.4. The number of aliphatic hydroxyl groups is 1. The molecule has 2 heterocycles. The Balaban J connectivity index is 1.27. The zero-order valence-electron chi connectivity index (χ0n) is 24.2. The van der Waals surface area contributed by atoms with Gasteiger partial charge in [0.15, 0.2) is 6.29 Å². The summed E-state index contributed by atoms with van der Waals surface area (Å²) in [6.45, 7) is 11.7. The second kappa shape index (κ2) is 14.6. The van der Waals surface area contributed by atoms with Crippen molar-refractivity contribution in [2.75, 3.05) is 44.6 Å². The molecule has 0 spiro atoms. The van der Waals surface area contributed by atoms with Crippen molar-refractivity contribution in [3.05, 3.63) is 114 Å². The predicted octanol–water partition coefficient (Wildman–Crippen LogP) is 5.52. The third-order valence-corrected chi connectivity index (χ3v) is 8.04. The number of carbonyl (C=O) groups is 1. The summed E-state index contributed by atoms with van der Waals surface area (Å²) >= 11 is 0. The van der Waals surface area contributed by atoms with Gasteiger partial charge >= 0.3 is 6.09 Å². The number of anilines is 1. The summed E-state index contributed by atoms with van der Waals surface area (Å²) in [4.78, 5) is 16.9. The Morgan fingerprint density at radius 3 is 2.26 bits per heavy atom. The first-order chi connectivity index (χ1) is 20.5. The van der Waals surface area contributed by atoms with E-state index in [2.05, 4.69) is 59.0 Å². The normalized spacial score (nSPS) is 23.3. The maximum Gasteiger partial charge on any atom is 0.411 e. The molecular formula is C34H41N3O5. The van der Waals surface area contributed by atoms with Crippen LogP contribution in [0.15, 0.2) is 91.5 Å². The fraction of sp³-hybridized carbons (Fsp3) is 0.382. The van der Waals surface area contributed by atoms with Crippen LogP contribution in [0.2, 0.25) is 0 Å². The number of rotatable bonds is 10. The van der Waals surface area contributed by atoms with Crippen LogP contribution in [0.25, 0.3) is 0 Å². The van der Waals surface area contributed by atoms with Crippen LogP contribution in [0.4, 0.5) is 10.5 Å². The van der Waals surface area contributed by atoms with Crippen LogP contribution in [-0.4, -0.2) is 66.4 Å². The largest absolute Gasteiger partial charge is 0.445 e. The molecule has 4 unspecified atom stereocenters. The van der Waals surface area contributed by atoms with E-state index >= 15 is 0 Å². The highest BCUT2D eigenvalue weighted by molar-refractivity contribution is 5.84. The molecule has 1 amide bonds. The molecule has 222 valence electrons. The van der Waals surface area contributed by atoms with Gasteiger partial charge in [-0.15, -0.1) is 0 Å². The molecule has 42 heavy (non-hydrogen) atoms. The van der Waals surface area contributed by atoms with E-state index in [0.29, 0.717) is 5.69 Å². The Bertz CT molecular complexity index is 1280. The molecule has 2 N–H and O–H groups in total. The van der Waals surface area contributed by atoms with E-state index in [-0.39, 0.29) is 31.3 Å². The lowest BCUT2D eigenvalue weighted by molar-refractivity contribution is -0.276. The number of amides is 1. The summed E-state index contributed by atoms with van der Waals surface area (Å²) in [7, 11) is 0. The first-order valence-electron chi connectivity index (χ1n) is 14.7. The number of nitrogens with zero attached hydrogens (tertiary/aromatic N) is 2. The Labute approximate surface area is 248 Å². The van der Waals surface area contributed by atoms with Crippen molar-refractivity contribution < 1.29 is 24.1 Å². The molecule has 0 radical (unpaired) electrons. The third kappa shape index (κ3) is 7.85. The van der Waals surface area contributed by atoms with Gasteiger partial charge in [0.25, 0.3) is 0 Å². The third-order valence-electron chi connectivity index (χ3n) is 8.04. The average molecular weight is 572 g/mol. The summed E-state index contributed by atoms with van der Waals surface area (Å²) in [6, 6.07) is 26.1. The van der Waals surface area contributed by atoms with Gasteiger partial charge in [-0.2, -0.15) is 0 Å². The average Bonchev–Trinajstić information content (AvgIpc) is 3.03. The van der Waals surface area contributed by atoms with Crippen molar-refractivity contribution in [3.63, 3.8) is 0 Å². The van der Waals surface area contributed by atoms with Crippen LogP contribution in [0.3, 0.4) is 0 Å². The number of piperazine rings is 1. The smallest absolute Gasteiger partial charge is 0.411 e. The highest BCUT2D eigenvalue weighted by Gasteiger charge is 2.39. The van der Waals surface area contributed by atoms with Gasteiger partial charge in [-0.25, -0.2) is 4.79 Å². The molecule has 0 aromatic heterocycles. The summed E-state index contributed by atoms with van der Waals surface area (Å²) < 4.78 is 18.2. The van der Waals surface area contributed by atoms with Crippen LogP contribution >= 0.6 is 0 Å². The van der Waals surface area contributed by atoms with E-state index in [4.69, 9.17) is 14.2 Å². The van der Waals surface area contributed by atoms with E-state index in [1.54, 1.807) is 0 Å². The minimum Gasteiger partial charge on any atom is -0.445 e. The molecule has 2 fully saturated rings. The van der Waals surface area contributed by atoms with Crippen molar-refractivity contribution in [1.29, 1.82) is 0 Å². The van der Waals surface area contributed by atoms with Crippen molar-refractivity contribution in [2.24, 2.45) is 5.92 Å². The van der Waals surface area contributed by atoms with Gasteiger partial charge in [-0.1, -0.05) is 86.3 Å². The molecule has 3 aromatic rings. The van der Waals surface area contributed by atoms with Crippen molar-refractivity contribution in [3.8, 4) is 0 Å². The minimum atomic E-state index is -0.560. The number of aliphatic hydroxyl groups excluding tert-OH is 1. The lowest BCUT2D eigenvalue weighted by Gasteiger charge is -2.44. The minimum absolute atomic E-state index is 0.00743. The molecule has 0 bridgehead atoms. The first kappa shape index (κ1) is 29.9. The topological polar surface area (TPSA) is 83.5 Å². The molecule has 5 rings (SSSR count). The van der Waals surface area contributed by atoms with Crippen LogP contribution in [0.1, 0.15) is 41.6 Å². The summed E-state index contributed by atoms with van der Waals surface area (Å²) in [5, 5.41) is 12.2. The van der Waals surface area contributed by atoms with Crippen molar-refractivity contribution >= 4 is 11.8 Å². The van der Waals surface area contributed by atoms with E-state index in [9.17, 15) is 9.90 Å². The molecule has 8 heteroatoms. The molecule has 8 nitrogen and oxygen atoms in total. The first-order valence-corrected chi connectivity index (χ1v) is 14.7. The molecule has 2 aliphatic rings. The number of benzene rings is 3. The van der Waals surface area contributed by atoms with E-state index in [1.807, 2.05) is 48.5 Å². The lowest BCUT2D eigenvalue weighted by atomic mass is 9.90. The van der Waals surface area contributed by atoms with Crippen LogP contribution in [0, 0.1) is 5.92 Å². The van der Waals surface area contributed by atoms with Gasteiger partial charge in [0.2, 0.25) is 0 Å². The number of hydrogen-bond acceptors (Lipinski definition) is 7. The molecule has 4 atom stereocenters. The van der Waals surface area contributed by atoms with E-state index in [0.717, 1.165) is 56.0 Å². The quantitative estimate of drug-likeness (QED) is 0.310. The van der Waals surface area contributed by atoms with E-state index < -0.39 is 12.4 Å². The lowest BCUT2D eigenvalue weighted by Crippen LogP contribution is -2.51. The SMILES string of the molecule is C=CCOC(=O)Nc1ccc(C2OC(CN3CCN(Cc4ccccc4)CC3)C(C)C(c3ccc(CO)cc3)O2)cc1. The molecule has 3 aromatic carbocycles. The molecule has 2 aliphatic heterocycles. The molecule has 0 aliphatic carbocycles. The molecular weight excluding hydrogens is 530 g/mol. The summed E-state index contributed by atoms with van der Waals surface area (Å²) in [5.74, 6) is 0.115. The number of hydrogen-bond donors (Lipinski definition) is 2. The van der Waals surface area contributed by atoms with Gasteiger partial charge < -0.3 is 19.3 Å². The fourth-order valence-corrected chi connectivity index (χ4v) is 5.57. The van der Waals surface area contributed by atoms with Gasteiger partial charge in [0.1, 0.15) is 6.61 Å². The summed E-state index contributed by atoms with van der Waals surface area (Å²) in [5.41, 5.74) is 4.78. The highest BCUT2D eigenvalue weighted by Crippen LogP contribution is 2.42. The second-order valence-corrected chi connectivity index (χ2v) is 11.0. The zero-order valence-corrected chi connectivity index (χ0v) is 24.2. The van der Waals surface area contributed by atoms with Gasteiger partial charge in [0.05, 0.1) is 18.8 Å². The van der Waals surface area contributed by atoms with Crippen molar-refractivity contribution in [1.82, 2.24) is 9.80 Å². The van der Waals surface area contributed by atoms with Crippen LogP contribution in [-0.2, 0) is 27.4 Å². The Hall–Kier alpha value is -3.53. The maximum absolute atomic E-state index is 11.9. The molecule has 0 saturated carbocycles. The summed E-state index contributed by atoms with van der Waals surface area (Å²) in [6.07, 6.45) is 0.217. The van der Waals surface area contributed by atoms with Crippen LogP contribution in [0.5, 0.6) is 0 Å². The van der Waals surface area contributed by atoms with Gasteiger partial charge in [-0.05, 0) is 28.8 Å². The molecule has 2 saturated heterocycles. The number of carbonyl (C=O) groups excluding carboxylic acids is 1. The van der Waals surface area contributed by atoms with Crippen LogP contribution < -0.4 is 5.32 Å². The highest BCUT2D eigenvalue weighted by atomic mass is 16.7. The van der Waals surface area contributed by atoms with Gasteiger partial charge in [0, 0.05) is 56.4 Å². The standard InChI is InChI=1S/C34H41N3O5/c1-3-21-40-34(39)35-30-15-13-29(14-16-30)33-41-31(25(2)32(42-33)28-11-9-27(24-38)10-12-28)23-37-19-17-36(18-20-37)22-26-7-5-4-6-8-26/h3-16,25,31-33,38H,1,17-24H2,2H3,(H,35,39). The van der Waals surface area contributed by atoms with Gasteiger partial charge in [-0.3, -0.25) is 15.1 Å². The predicted molar refractivity (Wildman–Crippen MR) is 163 cm³/mol. The van der Waals surface area contributed by atoms with E-state index in [1.165, 1.54) is 11.6 Å². The maximum atomic E-state index is 11.9. The Morgan fingerprint density at radius 1 is 0.929 bits per heavy atom. The second-order valence-electron chi connectivity index (χ2n) is 11.0. The monoisotopic (exact) mass is 571 g/mol. The fourth-order valence-electron chi connectivity index (χ4n) is 5.57. The number of nitrogens with one attached hydrogen (secondary N) is 1. The Morgan fingerprint density at radius 2 is 1.60 bits per heavy atom. The number of ether oxygens (including phenoxy) is 3. The zero-order chi connectivity index (χ0) is 29.3.